The first-order valence-electron chi connectivity index (χ1n) is 10.6. The van der Waals surface area contributed by atoms with E-state index >= 15 is 0 Å². The molecule has 4 bridgehead atoms. The lowest BCUT2D eigenvalue weighted by Gasteiger charge is -2.60. The quantitative estimate of drug-likeness (QED) is 0.566. The van der Waals surface area contributed by atoms with Gasteiger partial charge in [0.2, 0.25) is 0 Å². The minimum absolute atomic E-state index is 0.516. The van der Waals surface area contributed by atoms with E-state index in [0.717, 1.165) is 30.0 Å². The van der Waals surface area contributed by atoms with Gasteiger partial charge in [-0.25, -0.2) is 0 Å². The molecule has 4 saturated carbocycles. The third-order valence-electron chi connectivity index (χ3n) is 7.24. The molecule has 0 radical (unpaired) electrons. The molecule has 4 aliphatic carbocycles. The molecule has 0 aliphatic heterocycles. The van der Waals surface area contributed by atoms with Crippen LogP contribution in [0.5, 0.6) is 5.75 Å². The maximum atomic E-state index is 5.34. The van der Waals surface area contributed by atoms with Gasteiger partial charge in [0.05, 0.1) is 7.11 Å². The summed E-state index contributed by atoms with van der Waals surface area (Å²) in [4.78, 5) is 2.91. The van der Waals surface area contributed by atoms with Crippen molar-refractivity contribution >= 4 is 0 Å². The maximum Gasteiger partial charge on any atom is 0.118 e. The van der Waals surface area contributed by atoms with Crippen molar-refractivity contribution in [3.05, 3.63) is 29.8 Å². The van der Waals surface area contributed by atoms with Gasteiger partial charge in [0.25, 0.3) is 0 Å². The Hall–Kier alpha value is -1.02. The molecule has 25 heavy (non-hydrogen) atoms. The highest BCUT2D eigenvalue weighted by atomic mass is 16.5. The van der Waals surface area contributed by atoms with Crippen LogP contribution in [-0.4, -0.2) is 24.1 Å². The van der Waals surface area contributed by atoms with Gasteiger partial charge in [0.15, 0.2) is 0 Å². The summed E-state index contributed by atoms with van der Waals surface area (Å²) < 4.78 is 5.34. The second-order valence-corrected chi connectivity index (χ2v) is 9.12. The molecule has 0 aromatic heterocycles. The van der Waals surface area contributed by atoms with Crippen molar-refractivity contribution in [1.29, 1.82) is 0 Å². The van der Waals surface area contributed by atoms with Crippen LogP contribution in [0.1, 0.15) is 70.3 Å². The van der Waals surface area contributed by atoms with Gasteiger partial charge in [0.1, 0.15) is 5.75 Å². The summed E-state index contributed by atoms with van der Waals surface area (Å²) in [6.45, 7) is 4.73. The summed E-state index contributed by atoms with van der Waals surface area (Å²) in [5, 5.41) is 0. The Morgan fingerprint density at radius 1 is 0.960 bits per heavy atom. The van der Waals surface area contributed by atoms with Crippen molar-refractivity contribution in [2.45, 2.75) is 76.8 Å². The zero-order valence-corrected chi connectivity index (χ0v) is 16.2. The van der Waals surface area contributed by atoms with Crippen molar-refractivity contribution in [3.63, 3.8) is 0 Å². The predicted molar refractivity (Wildman–Crippen MR) is 104 cm³/mol. The van der Waals surface area contributed by atoms with Crippen molar-refractivity contribution in [2.24, 2.45) is 17.8 Å². The SMILES string of the molecule is CCCCCN(Cc1ccc(OC)cc1)C12CC3CC(CC(C3)C1)C2. The maximum absolute atomic E-state index is 5.34. The zero-order chi connectivity index (χ0) is 17.3. The van der Waals surface area contributed by atoms with Crippen LogP contribution in [0.25, 0.3) is 0 Å². The van der Waals surface area contributed by atoms with Gasteiger partial charge in [0, 0.05) is 12.1 Å². The number of benzene rings is 1. The van der Waals surface area contributed by atoms with Crippen LogP contribution in [0.15, 0.2) is 24.3 Å². The Morgan fingerprint density at radius 2 is 1.56 bits per heavy atom. The second kappa shape index (κ2) is 7.31. The topological polar surface area (TPSA) is 12.5 Å². The van der Waals surface area contributed by atoms with Crippen LogP contribution in [-0.2, 0) is 6.54 Å². The number of unbranched alkanes of at least 4 members (excludes halogenated alkanes) is 2. The molecule has 138 valence electrons. The molecule has 0 N–H and O–H groups in total. The van der Waals surface area contributed by atoms with Crippen LogP contribution in [0.4, 0.5) is 0 Å². The Balaban J connectivity index is 1.52. The lowest BCUT2D eigenvalue weighted by molar-refractivity contribution is -0.0928. The van der Waals surface area contributed by atoms with E-state index in [1.165, 1.54) is 69.9 Å². The smallest absolute Gasteiger partial charge is 0.118 e. The molecule has 0 amide bonds. The molecule has 0 saturated heterocycles. The fourth-order valence-corrected chi connectivity index (χ4v) is 6.44. The lowest BCUT2D eigenvalue weighted by atomic mass is 9.52. The first-order valence-corrected chi connectivity index (χ1v) is 10.6. The summed E-state index contributed by atoms with van der Waals surface area (Å²) >= 11 is 0. The molecule has 0 heterocycles. The van der Waals surface area contributed by atoms with Crippen molar-refractivity contribution in [3.8, 4) is 5.75 Å². The second-order valence-electron chi connectivity index (χ2n) is 9.12. The van der Waals surface area contributed by atoms with E-state index in [9.17, 15) is 0 Å². The number of rotatable bonds is 8. The van der Waals surface area contributed by atoms with Gasteiger partial charge < -0.3 is 4.74 Å². The molecule has 0 atom stereocenters. The average Bonchev–Trinajstić information content (AvgIpc) is 2.60. The molecular weight excluding hydrogens is 306 g/mol. The zero-order valence-electron chi connectivity index (χ0n) is 16.2. The fourth-order valence-electron chi connectivity index (χ4n) is 6.44. The number of nitrogens with zero attached hydrogens (tertiary/aromatic N) is 1. The third-order valence-corrected chi connectivity index (χ3v) is 7.24. The predicted octanol–water partition coefficient (Wildman–Crippen LogP) is 5.66. The molecule has 1 aromatic carbocycles. The largest absolute Gasteiger partial charge is 0.497 e. The van der Waals surface area contributed by atoms with Gasteiger partial charge in [-0.2, -0.15) is 0 Å². The molecule has 1 aromatic rings. The highest BCUT2D eigenvalue weighted by Gasteiger charge is 2.53. The van der Waals surface area contributed by atoms with Crippen LogP contribution < -0.4 is 4.74 Å². The molecule has 4 aliphatic rings. The number of hydrogen-bond donors (Lipinski definition) is 0. The Labute approximate surface area is 153 Å². The number of hydrogen-bond acceptors (Lipinski definition) is 2. The van der Waals surface area contributed by atoms with Gasteiger partial charge >= 0.3 is 0 Å². The number of ether oxygens (including phenoxy) is 1. The molecule has 2 nitrogen and oxygen atoms in total. The summed E-state index contributed by atoms with van der Waals surface area (Å²) in [6, 6.07) is 8.79. The van der Waals surface area contributed by atoms with E-state index in [1.807, 2.05) is 0 Å². The number of methoxy groups -OCH3 is 1. The minimum atomic E-state index is 0.516. The summed E-state index contributed by atoms with van der Waals surface area (Å²) in [6.07, 6.45) is 13.1. The fraction of sp³-hybridized carbons (Fsp3) is 0.739. The first-order chi connectivity index (χ1) is 12.2. The van der Waals surface area contributed by atoms with Crippen molar-refractivity contribution in [1.82, 2.24) is 4.90 Å². The third kappa shape index (κ3) is 3.60. The standard InChI is InChI=1S/C23H35NO/c1-3-4-5-10-24(17-18-6-8-22(25-2)9-7-18)23-14-19-11-20(15-23)13-21(12-19)16-23/h6-9,19-21H,3-5,10-17H2,1-2H3. The van der Waals surface area contributed by atoms with Gasteiger partial charge in [-0.15, -0.1) is 0 Å². The molecule has 0 spiro atoms. The van der Waals surface area contributed by atoms with E-state index in [0.29, 0.717) is 5.54 Å². The van der Waals surface area contributed by atoms with Crippen molar-refractivity contribution < 1.29 is 4.74 Å². The van der Waals surface area contributed by atoms with Crippen LogP contribution in [0.2, 0.25) is 0 Å². The van der Waals surface area contributed by atoms with Gasteiger partial charge in [-0.05, 0) is 86.9 Å². The Bertz CT molecular complexity index is 529. The van der Waals surface area contributed by atoms with Crippen LogP contribution in [0, 0.1) is 17.8 Å². The molecule has 2 heteroatoms. The van der Waals surface area contributed by atoms with E-state index < -0.39 is 0 Å². The summed E-state index contributed by atoms with van der Waals surface area (Å²) in [7, 11) is 1.75. The van der Waals surface area contributed by atoms with E-state index in [1.54, 1.807) is 7.11 Å². The first kappa shape index (κ1) is 17.4. The van der Waals surface area contributed by atoms with E-state index in [2.05, 4.69) is 36.1 Å². The Kier molecular flexibility index (Phi) is 5.08. The van der Waals surface area contributed by atoms with Gasteiger partial charge in [-0.3, -0.25) is 4.90 Å². The molecule has 4 fully saturated rings. The highest BCUT2D eigenvalue weighted by molar-refractivity contribution is 5.27. The molecule has 0 unspecified atom stereocenters. The normalized spacial score (nSPS) is 33.2. The molecule has 5 rings (SSSR count). The van der Waals surface area contributed by atoms with Crippen LogP contribution in [0.3, 0.4) is 0 Å². The van der Waals surface area contributed by atoms with Gasteiger partial charge in [-0.1, -0.05) is 31.9 Å². The monoisotopic (exact) mass is 341 g/mol. The highest BCUT2D eigenvalue weighted by Crippen LogP contribution is 2.58. The summed E-state index contributed by atoms with van der Waals surface area (Å²) in [5.41, 5.74) is 1.97. The van der Waals surface area contributed by atoms with Crippen LogP contribution >= 0.6 is 0 Å². The minimum Gasteiger partial charge on any atom is -0.497 e. The average molecular weight is 342 g/mol. The van der Waals surface area contributed by atoms with E-state index in [-0.39, 0.29) is 0 Å². The lowest BCUT2D eigenvalue weighted by Crippen LogP contribution is -2.59. The summed E-state index contributed by atoms with van der Waals surface area (Å²) in [5.74, 6) is 4.04. The molecular formula is C23H35NO. The Morgan fingerprint density at radius 3 is 2.08 bits per heavy atom. The van der Waals surface area contributed by atoms with Crippen molar-refractivity contribution in [2.75, 3.05) is 13.7 Å². The van der Waals surface area contributed by atoms with E-state index in [4.69, 9.17) is 4.74 Å².